The van der Waals surface area contributed by atoms with Crippen molar-refractivity contribution in [1.29, 1.82) is 0 Å². The molecule has 0 heterocycles. The lowest BCUT2D eigenvalue weighted by Crippen LogP contribution is -2.05. The molecule has 126 valence electrons. The standard InChI is InChI=1S/C19H20O5/c1-13(2)12-23-9-10-24-14-7-8-16(18(21)11-14)19(22)15-5-3-4-6-17(15)20/h3-8,11-12,20-21H,9-10H2,1-2H3. The summed E-state index contributed by atoms with van der Waals surface area (Å²) >= 11 is 0. The highest BCUT2D eigenvalue weighted by Crippen LogP contribution is 2.28. The normalized spacial score (nSPS) is 10.1. The van der Waals surface area contributed by atoms with Gasteiger partial charge in [-0.25, -0.2) is 0 Å². The summed E-state index contributed by atoms with van der Waals surface area (Å²) < 4.78 is 10.7. The molecule has 0 aliphatic carbocycles. The van der Waals surface area contributed by atoms with Gasteiger partial charge in [0, 0.05) is 6.07 Å². The molecular formula is C19H20O5. The number of hydrogen-bond donors (Lipinski definition) is 2. The molecule has 0 amide bonds. The van der Waals surface area contributed by atoms with Gasteiger partial charge in [-0.1, -0.05) is 12.1 Å². The van der Waals surface area contributed by atoms with Crippen molar-refractivity contribution in [2.45, 2.75) is 13.8 Å². The van der Waals surface area contributed by atoms with Crippen molar-refractivity contribution >= 4 is 5.78 Å². The molecule has 24 heavy (non-hydrogen) atoms. The highest BCUT2D eigenvalue weighted by Gasteiger charge is 2.17. The van der Waals surface area contributed by atoms with Gasteiger partial charge in [-0.05, 0) is 43.7 Å². The minimum atomic E-state index is -0.455. The Hall–Kier alpha value is -2.95. The number of rotatable bonds is 7. The van der Waals surface area contributed by atoms with Crippen LogP contribution in [0.2, 0.25) is 0 Å². The first-order valence-corrected chi connectivity index (χ1v) is 7.52. The van der Waals surface area contributed by atoms with Gasteiger partial charge in [0.1, 0.15) is 30.5 Å². The van der Waals surface area contributed by atoms with Gasteiger partial charge in [-0.15, -0.1) is 0 Å². The van der Waals surface area contributed by atoms with Gasteiger partial charge in [-0.3, -0.25) is 4.79 Å². The zero-order chi connectivity index (χ0) is 17.5. The molecular weight excluding hydrogens is 308 g/mol. The third kappa shape index (κ3) is 4.52. The van der Waals surface area contributed by atoms with E-state index in [0.717, 1.165) is 5.57 Å². The zero-order valence-corrected chi connectivity index (χ0v) is 13.7. The van der Waals surface area contributed by atoms with Gasteiger partial charge in [-0.2, -0.15) is 0 Å². The molecule has 0 atom stereocenters. The molecule has 0 saturated heterocycles. The third-order valence-corrected chi connectivity index (χ3v) is 3.15. The van der Waals surface area contributed by atoms with E-state index in [1.807, 2.05) is 13.8 Å². The molecule has 2 rings (SSSR count). The van der Waals surface area contributed by atoms with Crippen LogP contribution in [0.1, 0.15) is 29.8 Å². The Morgan fingerprint density at radius 1 is 1.00 bits per heavy atom. The topological polar surface area (TPSA) is 76.0 Å². The fourth-order valence-electron chi connectivity index (χ4n) is 2.04. The molecule has 0 spiro atoms. The second kappa shape index (κ2) is 8.06. The third-order valence-electron chi connectivity index (χ3n) is 3.15. The minimum Gasteiger partial charge on any atom is -0.507 e. The van der Waals surface area contributed by atoms with E-state index in [4.69, 9.17) is 9.47 Å². The first-order valence-electron chi connectivity index (χ1n) is 7.52. The number of phenolic OH excluding ortho intramolecular Hbond substituents is 2. The number of benzene rings is 2. The first kappa shape index (κ1) is 17.4. The van der Waals surface area contributed by atoms with Gasteiger partial charge in [0.05, 0.1) is 17.4 Å². The van der Waals surface area contributed by atoms with Gasteiger partial charge in [0.25, 0.3) is 0 Å². The molecule has 0 saturated carbocycles. The summed E-state index contributed by atoms with van der Waals surface area (Å²) in [6.45, 7) is 4.55. The van der Waals surface area contributed by atoms with Crippen molar-refractivity contribution in [3.63, 3.8) is 0 Å². The second-order valence-electron chi connectivity index (χ2n) is 5.44. The molecule has 0 aromatic heterocycles. The quantitative estimate of drug-likeness (QED) is 0.461. The van der Waals surface area contributed by atoms with Crippen LogP contribution in [0.3, 0.4) is 0 Å². The molecule has 0 fully saturated rings. The number of ether oxygens (including phenoxy) is 2. The fraction of sp³-hybridized carbons (Fsp3) is 0.211. The zero-order valence-electron chi connectivity index (χ0n) is 13.7. The maximum Gasteiger partial charge on any atom is 0.200 e. The van der Waals surface area contributed by atoms with E-state index in [0.29, 0.717) is 19.0 Å². The summed E-state index contributed by atoms with van der Waals surface area (Å²) in [6.07, 6.45) is 1.65. The number of carbonyl (C=O) groups is 1. The van der Waals surface area contributed by atoms with Crippen LogP contribution in [0.25, 0.3) is 0 Å². The number of allylic oxidation sites excluding steroid dienone is 1. The number of carbonyl (C=O) groups excluding carboxylic acids is 1. The summed E-state index contributed by atoms with van der Waals surface area (Å²) in [5, 5.41) is 19.8. The van der Waals surface area contributed by atoms with Crippen LogP contribution in [0, 0.1) is 0 Å². The van der Waals surface area contributed by atoms with Crippen LogP contribution in [0.15, 0.2) is 54.3 Å². The number of ketones is 1. The highest BCUT2D eigenvalue weighted by molar-refractivity contribution is 6.12. The maximum atomic E-state index is 12.4. The molecule has 2 aromatic carbocycles. The molecule has 0 bridgehead atoms. The molecule has 5 heteroatoms. The van der Waals surface area contributed by atoms with Gasteiger partial charge in [0.15, 0.2) is 5.78 Å². The van der Waals surface area contributed by atoms with Crippen LogP contribution >= 0.6 is 0 Å². The van der Waals surface area contributed by atoms with Crippen LogP contribution in [0.5, 0.6) is 17.2 Å². The molecule has 0 aliphatic rings. The van der Waals surface area contributed by atoms with E-state index in [2.05, 4.69) is 0 Å². The average molecular weight is 328 g/mol. The smallest absolute Gasteiger partial charge is 0.200 e. The van der Waals surface area contributed by atoms with E-state index in [-0.39, 0.29) is 22.6 Å². The summed E-state index contributed by atoms with van der Waals surface area (Å²) in [5.41, 5.74) is 1.29. The molecule has 5 nitrogen and oxygen atoms in total. The Balaban J connectivity index is 2.03. The number of para-hydroxylation sites is 1. The fourth-order valence-corrected chi connectivity index (χ4v) is 2.04. The first-order chi connectivity index (χ1) is 11.5. The average Bonchev–Trinajstić information content (AvgIpc) is 2.54. The van der Waals surface area contributed by atoms with Crippen molar-refractivity contribution in [1.82, 2.24) is 0 Å². The van der Waals surface area contributed by atoms with E-state index in [1.165, 1.54) is 24.3 Å². The summed E-state index contributed by atoms with van der Waals surface area (Å²) in [4.78, 5) is 12.4. The van der Waals surface area contributed by atoms with Crippen LogP contribution < -0.4 is 4.74 Å². The second-order valence-corrected chi connectivity index (χ2v) is 5.44. The van der Waals surface area contributed by atoms with Crippen molar-refractivity contribution < 1.29 is 24.5 Å². The van der Waals surface area contributed by atoms with Crippen molar-refractivity contribution in [3.05, 3.63) is 65.4 Å². The van der Waals surface area contributed by atoms with E-state index in [9.17, 15) is 15.0 Å². The Bertz CT molecular complexity index is 745. The molecule has 0 unspecified atom stereocenters. The van der Waals surface area contributed by atoms with Crippen LogP contribution in [-0.4, -0.2) is 29.2 Å². The van der Waals surface area contributed by atoms with Crippen LogP contribution in [0.4, 0.5) is 0 Å². The Morgan fingerprint density at radius 2 is 1.71 bits per heavy atom. The monoisotopic (exact) mass is 328 g/mol. The van der Waals surface area contributed by atoms with Crippen molar-refractivity contribution in [2.24, 2.45) is 0 Å². The van der Waals surface area contributed by atoms with E-state index >= 15 is 0 Å². The maximum absolute atomic E-state index is 12.4. The highest BCUT2D eigenvalue weighted by atomic mass is 16.5. The lowest BCUT2D eigenvalue weighted by molar-refractivity contribution is 0.103. The number of hydrogen-bond acceptors (Lipinski definition) is 5. The molecule has 0 radical (unpaired) electrons. The lowest BCUT2D eigenvalue weighted by Gasteiger charge is -2.09. The van der Waals surface area contributed by atoms with Gasteiger partial charge in [0.2, 0.25) is 0 Å². The predicted octanol–water partition coefficient (Wildman–Crippen LogP) is 3.65. The van der Waals surface area contributed by atoms with Gasteiger partial charge >= 0.3 is 0 Å². The summed E-state index contributed by atoms with van der Waals surface area (Å²) in [7, 11) is 0. The summed E-state index contributed by atoms with van der Waals surface area (Å²) in [6, 6.07) is 10.6. The van der Waals surface area contributed by atoms with Crippen molar-refractivity contribution in [2.75, 3.05) is 13.2 Å². The molecule has 2 N–H and O–H groups in total. The number of aromatic hydroxyl groups is 2. The molecule has 0 aliphatic heterocycles. The Labute approximate surface area is 140 Å². The predicted molar refractivity (Wildman–Crippen MR) is 90.5 cm³/mol. The number of phenols is 2. The lowest BCUT2D eigenvalue weighted by atomic mass is 10.0. The SMILES string of the molecule is CC(C)=COCCOc1ccc(C(=O)c2ccccc2O)c(O)c1. The Kier molecular flexibility index (Phi) is 5.84. The van der Waals surface area contributed by atoms with E-state index in [1.54, 1.807) is 24.5 Å². The largest absolute Gasteiger partial charge is 0.507 e. The van der Waals surface area contributed by atoms with Crippen LogP contribution in [-0.2, 0) is 4.74 Å². The summed E-state index contributed by atoms with van der Waals surface area (Å²) in [5.74, 6) is -0.351. The minimum absolute atomic E-state index is 0.102. The van der Waals surface area contributed by atoms with Gasteiger partial charge < -0.3 is 19.7 Å². The van der Waals surface area contributed by atoms with E-state index < -0.39 is 5.78 Å². The molecule has 2 aromatic rings. The van der Waals surface area contributed by atoms with Crippen molar-refractivity contribution in [3.8, 4) is 17.2 Å². The Morgan fingerprint density at radius 3 is 2.38 bits per heavy atom.